The van der Waals surface area contributed by atoms with Gasteiger partial charge in [0, 0.05) is 22.6 Å². The van der Waals surface area contributed by atoms with Crippen molar-refractivity contribution in [2.75, 3.05) is 6.61 Å². The van der Waals surface area contributed by atoms with Gasteiger partial charge in [0.1, 0.15) is 16.9 Å². The summed E-state index contributed by atoms with van der Waals surface area (Å²) in [6, 6.07) is 5.06. The Morgan fingerprint density at radius 3 is 3.08 bits per heavy atom. The number of carbonyl (C=O) groups excluding carboxylic acids is 1. The lowest BCUT2D eigenvalue weighted by atomic mass is 10.1. The average Bonchev–Trinajstić information content (AvgIpc) is 3.24. The van der Waals surface area contributed by atoms with E-state index in [0.717, 1.165) is 10.9 Å². The summed E-state index contributed by atoms with van der Waals surface area (Å²) in [7, 11) is 0. The summed E-state index contributed by atoms with van der Waals surface area (Å²) < 4.78 is 0. The summed E-state index contributed by atoms with van der Waals surface area (Å²) in [6.07, 6.45) is 3.15. The summed E-state index contributed by atoms with van der Waals surface area (Å²) >= 11 is 6.00. The highest BCUT2D eigenvalue weighted by molar-refractivity contribution is 6.31. The highest BCUT2D eigenvalue weighted by atomic mass is 35.5. The van der Waals surface area contributed by atoms with Crippen molar-refractivity contribution >= 4 is 39.6 Å². The number of halogens is 1. The molecule has 0 radical (unpaired) electrons. The van der Waals surface area contributed by atoms with E-state index in [1.165, 1.54) is 0 Å². The van der Waals surface area contributed by atoms with Crippen molar-refractivity contribution in [3.8, 4) is 11.4 Å². The molecule has 1 unspecified atom stereocenters. The number of fused-ring (bicyclic) bond motifs is 2. The van der Waals surface area contributed by atoms with Gasteiger partial charge in [0.15, 0.2) is 5.65 Å². The van der Waals surface area contributed by atoms with E-state index in [1.54, 1.807) is 31.5 Å². The number of aliphatic hydroxyl groups excluding tert-OH is 1. The maximum absolute atomic E-state index is 12.4. The van der Waals surface area contributed by atoms with Crippen molar-refractivity contribution in [1.82, 2.24) is 30.5 Å². The first-order valence-electron chi connectivity index (χ1n) is 7.96. The van der Waals surface area contributed by atoms with Crippen molar-refractivity contribution in [1.29, 1.82) is 0 Å². The van der Waals surface area contributed by atoms with Crippen LogP contribution in [0.1, 0.15) is 17.3 Å². The number of amides is 1. The number of aromatic amines is 2. The summed E-state index contributed by atoms with van der Waals surface area (Å²) in [4.78, 5) is 24.2. The summed E-state index contributed by atoms with van der Waals surface area (Å²) in [5.41, 5.74) is 3.25. The van der Waals surface area contributed by atoms with Gasteiger partial charge in [0.2, 0.25) is 0 Å². The van der Waals surface area contributed by atoms with Crippen LogP contribution in [0.2, 0.25) is 5.02 Å². The van der Waals surface area contributed by atoms with E-state index in [4.69, 9.17) is 16.7 Å². The molecule has 4 aromatic rings. The number of benzene rings is 1. The van der Waals surface area contributed by atoms with Crippen molar-refractivity contribution in [3.05, 3.63) is 41.2 Å². The molecular formula is C17H15ClN6O2. The number of aromatic nitrogens is 5. The van der Waals surface area contributed by atoms with Crippen LogP contribution in [0.15, 0.2) is 30.6 Å². The highest BCUT2D eigenvalue weighted by Gasteiger charge is 2.18. The minimum absolute atomic E-state index is 0.146. The fourth-order valence-corrected chi connectivity index (χ4v) is 2.88. The van der Waals surface area contributed by atoms with Gasteiger partial charge < -0.3 is 15.4 Å². The normalized spacial score (nSPS) is 12.6. The molecule has 0 spiro atoms. The topological polar surface area (TPSA) is 120 Å². The number of H-pyrrole nitrogens is 2. The molecule has 4 rings (SSSR count). The fourth-order valence-electron chi connectivity index (χ4n) is 2.71. The number of hydrogen-bond acceptors (Lipinski definition) is 5. The number of rotatable bonds is 4. The zero-order valence-electron chi connectivity index (χ0n) is 13.7. The molecule has 8 nitrogen and oxygen atoms in total. The van der Waals surface area contributed by atoms with Crippen molar-refractivity contribution in [2.45, 2.75) is 13.0 Å². The van der Waals surface area contributed by atoms with E-state index >= 15 is 0 Å². The smallest absolute Gasteiger partial charge is 0.255 e. The van der Waals surface area contributed by atoms with Crippen LogP contribution in [0.25, 0.3) is 33.5 Å². The molecule has 3 heterocycles. The van der Waals surface area contributed by atoms with Gasteiger partial charge in [-0.25, -0.2) is 9.97 Å². The number of nitrogens with one attached hydrogen (secondary N) is 3. The molecule has 26 heavy (non-hydrogen) atoms. The van der Waals surface area contributed by atoms with Crippen LogP contribution in [-0.4, -0.2) is 48.8 Å². The Labute approximate surface area is 152 Å². The third-order valence-corrected chi connectivity index (χ3v) is 4.28. The Bertz CT molecular complexity index is 1120. The molecule has 0 bridgehead atoms. The predicted molar refractivity (Wildman–Crippen MR) is 98.0 cm³/mol. The molecule has 1 atom stereocenters. The summed E-state index contributed by atoms with van der Waals surface area (Å²) in [6.45, 7) is 1.57. The average molecular weight is 371 g/mol. The predicted octanol–water partition coefficient (Wildman–Crippen LogP) is 2.27. The zero-order chi connectivity index (χ0) is 18.3. The van der Waals surface area contributed by atoms with Crippen LogP contribution in [0, 0.1) is 0 Å². The lowest BCUT2D eigenvalue weighted by Gasteiger charge is -2.09. The second-order valence-electron chi connectivity index (χ2n) is 5.97. The number of nitrogens with zero attached hydrogens (tertiary/aromatic N) is 3. The second-order valence-corrected chi connectivity index (χ2v) is 6.41. The van der Waals surface area contributed by atoms with Gasteiger partial charge in [-0.1, -0.05) is 11.6 Å². The largest absolute Gasteiger partial charge is 0.394 e. The van der Waals surface area contributed by atoms with Crippen LogP contribution in [0.3, 0.4) is 0 Å². The van der Waals surface area contributed by atoms with Crippen LogP contribution in [0.4, 0.5) is 0 Å². The Hall–Kier alpha value is -2.97. The fraction of sp³-hybridized carbons (Fsp3) is 0.176. The Morgan fingerprint density at radius 1 is 1.42 bits per heavy atom. The number of hydrogen-bond donors (Lipinski definition) is 4. The molecule has 0 aliphatic heterocycles. The molecule has 1 amide bonds. The Morgan fingerprint density at radius 2 is 2.27 bits per heavy atom. The van der Waals surface area contributed by atoms with E-state index in [0.29, 0.717) is 33.1 Å². The zero-order valence-corrected chi connectivity index (χ0v) is 14.5. The third-order valence-electron chi connectivity index (χ3n) is 4.04. The lowest BCUT2D eigenvalue weighted by molar-refractivity contribution is 0.0924. The monoisotopic (exact) mass is 370 g/mol. The van der Waals surface area contributed by atoms with Crippen molar-refractivity contribution in [3.63, 3.8) is 0 Å². The van der Waals surface area contributed by atoms with Gasteiger partial charge >= 0.3 is 0 Å². The van der Waals surface area contributed by atoms with Gasteiger partial charge in [-0.15, -0.1) is 0 Å². The molecule has 132 valence electrons. The molecular weight excluding hydrogens is 356 g/mol. The summed E-state index contributed by atoms with van der Waals surface area (Å²) in [5, 5.41) is 20.5. The van der Waals surface area contributed by atoms with Crippen LogP contribution >= 0.6 is 11.6 Å². The maximum atomic E-state index is 12.4. The summed E-state index contributed by atoms with van der Waals surface area (Å²) in [5.74, 6) is -0.331. The van der Waals surface area contributed by atoms with E-state index in [1.807, 2.05) is 6.07 Å². The SMILES string of the molecule is CC(CO)NC(=O)c1c[nH]c2ncc(-c3n[nH]c4cc(Cl)ccc34)nc12. The Kier molecular flexibility index (Phi) is 4.06. The first kappa shape index (κ1) is 16.5. The third kappa shape index (κ3) is 2.79. The minimum Gasteiger partial charge on any atom is -0.394 e. The van der Waals surface area contributed by atoms with Gasteiger partial charge in [-0.3, -0.25) is 9.89 Å². The van der Waals surface area contributed by atoms with Gasteiger partial charge in [0.25, 0.3) is 5.91 Å². The van der Waals surface area contributed by atoms with E-state index in [9.17, 15) is 4.79 Å². The van der Waals surface area contributed by atoms with E-state index in [2.05, 4.69) is 30.5 Å². The van der Waals surface area contributed by atoms with Gasteiger partial charge in [-0.05, 0) is 25.1 Å². The lowest BCUT2D eigenvalue weighted by Crippen LogP contribution is -2.34. The molecule has 0 saturated carbocycles. The second kappa shape index (κ2) is 6.40. The number of carbonyl (C=O) groups is 1. The van der Waals surface area contributed by atoms with E-state index < -0.39 is 0 Å². The number of aliphatic hydroxyl groups is 1. The standard InChI is InChI=1S/C17H15ClN6O2/c1-8(7-25)21-17(26)11-5-19-16-15(11)22-13(6-20-16)14-10-3-2-9(18)4-12(10)23-24-14/h2-6,8,25H,7H2,1H3,(H,19,20)(H,21,26)(H,23,24). The van der Waals surface area contributed by atoms with Crippen molar-refractivity contribution < 1.29 is 9.90 Å². The molecule has 1 aromatic carbocycles. The molecule has 0 saturated heterocycles. The molecule has 4 N–H and O–H groups in total. The molecule has 0 aliphatic rings. The van der Waals surface area contributed by atoms with Crippen LogP contribution in [0.5, 0.6) is 0 Å². The van der Waals surface area contributed by atoms with Gasteiger partial charge in [0.05, 0.1) is 23.9 Å². The van der Waals surface area contributed by atoms with E-state index in [-0.39, 0.29) is 18.6 Å². The molecule has 9 heteroatoms. The Balaban J connectivity index is 1.79. The highest BCUT2D eigenvalue weighted by Crippen LogP contribution is 2.28. The molecule has 0 aliphatic carbocycles. The quantitative estimate of drug-likeness (QED) is 0.439. The van der Waals surface area contributed by atoms with Crippen LogP contribution in [-0.2, 0) is 0 Å². The van der Waals surface area contributed by atoms with Gasteiger partial charge in [-0.2, -0.15) is 5.10 Å². The van der Waals surface area contributed by atoms with Crippen molar-refractivity contribution in [2.24, 2.45) is 0 Å². The van der Waals surface area contributed by atoms with Crippen LogP contribution < -0.4 is 5.32 Å². The molecule has 0 fully saturated rings. The first-order chi connectivity index (χ1) is 12.6. The maximum Gasteiger partial charge on any atom is 0.255 e. The first-order valence-corrected chi connectivity index (χ1v) is 8.34. The minimum atomic E-state index is -0.358. The molecule has 3 aromatic heterocycles.